The zero-order valence-electron chi connectivity index (χ0n) is 11.3. The minimum atomic E-state index is -0.222. The van der Waals surface area contributed by atoms with Gasteiger partial charge in [-0.05, 0) is 31.4 Å². The van der Waals surface area contributed by atoms with Crippen molar-refractivity contribution in [3.05, 3.63) is 47.9 Å². The van der Waals surface area contributed by atoms with Crippen molar-refractivity contribution in [1.82, 2.24) is 9.97 Å². The molecule has 1 aliphatic carbocycles. The Labute approximate surface area is 117 Å². The number of rotatable bonds is 4. The zero-order chi connectivity index (χ0) is 13.9. The Morgan fingerprint density at radius 1 is 1.25 bits per heavy atom. The number of carbonyl (C=O) groups is 1. The lowest BCUT2D eigenvalue weighted by atomic mass is 10.2. The predicted octanol–water partition coefficient (Wildman–Crippen LogP) is 2.61. The lowest BCUT2D eigenvalue weighted by Crippen LogP contribution is -2.15. The van der Waals surface area contributed by atoms with Gasteiger partial charge in [0.05, 0.1) is 0 Å². The number of hydrogen-bond acceptors (Lipinski definition) is 4. The molecule has 1 heterocycles. The van der Waals surface area contributed by atoms with Crippen LogP contribution in [0.1, 0.15) is 28.9 Å². The van der Waals surface area contributed by atoms with E-state index in [2.05, 4.69) is 20.6 Å². The van der Waals surface area contributed by atoms with E-state index in [4.69, 9.17) is 0 Å². The molecule has 2 N–H and O–H groups in total. The first kappa shape index (κ1) is 12.6. The predicted molar refractivity (Wildman–Crippen MR) is 77.8 cm³/mol. The fraction of sp³-hybridized carbons (Fsp3) is 0.267. The minimum Gasteiger partial charge on any atom is -0.367 e. The minimum absolute atomic E-state index is 0.222. The van der Waals surface area contributed by atoms with E-state index in [1.165, 1.54) is 6.33 Å². The lowest BCUT2D eigenvalue weighted by molar-refractivity contribution is 0.102. The van der Waals surface area contributed by atoms with Gasteiger partial charge in [0, 0.05) is 17.8 Å². The van der Waals surface area contributed by atoms with Gasteiger partial charge in [0.25, 0.3) is 5.91 Å². The van der Waals surface area contributed by atoms with E-state index in [0.717, 1.165) is 24.1 Å². The van der Waals surface area contributed by atoms with Crippen LogP contribution in [0.25, 0.3) is 0 Å². The third kappa shape index (κ3) is 2.93. The molecule has 0 bridgehead atoms. The first-order chi connectivity index (χ1) is 9.72. The summed E-state index contributed by atoms with van der Waals surface area (Å²) >= 11 is 0. The van der Waals surface area contributed by atoms with Crippen LogP contribution in [0.2, 0.25) is 0 Å². The Bertz CT molecular complexity index is 637. The van der Waals surface area contributed by atoms with Gasteiger partial charge in [-0.15, -0.1) is 0 Å². The summed E-state index contributed by atoms with van der Waals surface area (Å²) in [5.41, 5.74) is 2.19. The van der Waals surface area contributed by atoms with Crippen LogP contribution in [-0.4, -0.2) is 21.9 Å². The van der Waals surface area contributed by atoms with E-state index in [9.17, 15) is 4.79 Å². The van der Waals surface area contributed by atoms with Gasteiger partial charge in [-0.1, -0.05) is 18.2 Å². The highest BCUT2D eigenvalue weighted by molar-refractivity contribution is 6.03. The number of benzene rings is 1. The summed E-state index contributed by atoms with van der Waals surface area (Å²) in [6.07, 6.45) is 3.74. The molecule has 1 aromatic carbocycles. The quantitative estimate of drug-likeness (QED) is 0.894. The van der Waals surface area contributed by atoms with Gasteiger partial charge >= 0.3 is 0 Å². The van der Waals surface area contributed by atoms with Crippen molar-refractivity contribution in [1.29, 1.82) is 0 Å². The standard InChI is InChI=1S/C15H16N4O/c1-10-4-2-3-5-12(10)19-15(20)13-8-14(17-9-16-13)18-11-6-7-11/h2-5,8-9,11H,6-7H2,1H3,(H,19,20)(H,16,17,18). The summed E-state index contributed by atoms with van der Waals surface area (Å²) in [4.78, 5) is 20.3. The zero-order valence-corrected chi connectivity index (χ0v) is 11.3. The Morgan fingerprint density at radius 3 is 2.80 bits per heavy atom. The molecule has 1 aromatic heterocycles. The number of anilines is 2. The van der Waals surface area contributed by atoms with Crippen LogP contribution in [-0.2, 0) is 0 Å². The van der Waals surface area contributed by atoms with E-state index < -0.39 is 0 Å². The number of carbonyl (C=O) groups excluding carboxylic acids is 1. The molecule has 0 atom stereocenters. The molecule has 0 spiro atoms. The van der Waals surface area contributed by atoms with Crippen molar-refractivity contribution >= 4 is 17.4 Å². The molecule has 3 rings (SSSR count). The average Bonchev–Trinajstić information content (AvgIpc) is 3.25. The van der Waals surface area contributed by atoms with Gasteiger partial charge < -0.3 is 10.6 Å². The van der Waals surface area contributed by atoms with Crippen LogP contribution in [0.15, 0.2) is 36.7 Å². The Morgan fingerprint density at radius 2 is 2.05 bits per heavy atom. The number of hydrogen-bond donors (Lipinski definition) is 2. The van der Waals surface area contributed by atoms with Crippen LogP contribution < -0.4 is 10.6 Å². The fourth-order valence-electron chi connectivity index (χ4n) is 1.90. The second-order valence-electron chi connectivity index (χ2n) is 4.98. The molecule has 1 aliphatic rings. The molecule has 102 valence electrons. The molecule has 1 saturated carbocycles. The molecule has 0 aliphatic heterocycles. The van der Waals surface area contributed by atoms with Crippen LogP contribution in [0.5, 0.6) is 0 Å². The number of aromatic nitrogens is 2. The molecule has 1 fully saturated rings. The second kappa shape index (κ2) is 5.28. The van der Waals surface area contributed by atoms with Crippen molar-refractivity contribution < 1.29 is 4.79 Å². The Kier molecular flexibility index (Phi) is 3.33. The smallest absolute Gasteiger partial charge is 0.274 e. The molecule has 0 radical (unpaired) electrons. The monoisotopic (exact) mass is 268 g/mol. The first-order valence-electron chi connectivity index (χ1n) is 6.68. The van der Waals surface area contributed by atoms with Crippen molar-refractivity contribution in [2.45, 2.75) is 25.8 Å². The van der Waals surface area contributed by atoms with Crippen molar-refractivity contribution in [2.24, 2.45) is 0 Å². The van der Waals surface area contributed by atoms with Crippen LogP contribution >= 0.6 is 0 Å². The van der Waals surface area contributed by atoms with Gasteiger partial charge in [0.1, 0.15) is 17.8 Å². The number of nitrogens with one attached hydrogen (secondary N) is 2. The number of nitrogens with zero attached hydrogens (tertiary/aromatic N) is 2. The molecule has 0 unspecified atom stereocenters. The molecule has 20 heavy (non-hydrogen) atoms. The van der Waals surface area contributed by atoms with Gasteiger partial charge in [-0.3, -0.25) is 4.79 Å². The maximum atomic E-state index is 12.2. The third-order valence-corrected chi connectivity index (χ3v) is 3.22. The fourth-order valence-corrected chi connectivity index (χ4v) is 1.90. The number of para-hydroxylation sites is 1. The van der Waals surface area contributed by atoms with Crippen LogP contribution in [0.4, 0.5) is 11.5 Å². The summed E-state index contributed by atoms with van der Waals surface area (Å²) in [6, 6.07) is 9.84. The molecule has 1 amide bonds. The molecule has 5 nitrogen and oxygen atoms in total. The highest BCUT2D eigenvalue weighted by Gasteiger charge is 2.21. The second-order valence-corrected chi connectivity index (χ2v) is 4.98. The Hall–Kier alpha value is -2.43. The molecular weight excluding hydrogens is 252 g/mol. The molecule has 5 heteroatoms. The average molecular weight is 268 g/mol. The van der Waals surface area contributed by atoms with E-state index in [1.54, 1.807) is 6.07 Å². The number of aryl methyl sites for hydroxylation is 1. The van der Waals surface area contributed by atoms with Gasteiger partial charge in [0.2, 0.25) is 0 Å². The summed E-state index contributed by atoms with van der Waals surface area (Å²) < 4.78 is 0. The SMILES string of the molecule is Cc1ccccc1NC(=O)c1cc(NC2CC2)ncn1. The van der Waals surface area contributed by atoms with Gasteiger partial charge in [0.15, 0.2) is 0 Å². The lowest BCUT2D eigenvalue weighted by Gasteiger charge is -2.08. The van der Waals surface area contributed by atoms with E-state index >= 15 is 0 Å². The maximum Gasteiger partial charge on any atom is 0.274 e. The molecule has 2 aromatic rings. The van der Waals surface area contributed by atoms with Crippen molar-refractivity contribution in [3.63, 3.8) is 0 Å². The summed E-state index contributed by atoms with van der Waals surface area (Å²) in [5, 5.41) is 6.12. The van der Waals surface area contributed by atoms with Crippen molar-refractivity contribution in [3.8, 4) is 0 Å². The largest absolute Gasteiger partial charge is 0.367 e. The van der Waals surface area contributed by atoms with Gasteiger partial charge in [-0.2, -0.15) is 0 Å². The number of amides is 1. The van der Waals surface area contributed by atoms with E-state index in [-0.39, 0.29) is 5.91 Å². The third-order valence-electron chi connectivity index (χ3n) is 3.22. The summed E-state index contributed by atoms with van der Waals surface area (Å²) in [5.74, 6) is 0.484. The highest BCUT2D eigenvalue weighted by Crippen LogP contribution is 2.23. The summed E-state index contributed by atoms with van der Waals surface area (Å²) in [7, 11) is 0. The molecular formula is C15H16N4O. The first-order valence-corrected chi connectivity index (χ1v) is 6.68. The normalized spacial score (nSPS) is 13.8. The highest BCUT2D eigenvalue weighted by atomic mass is 16.1. The maximum absolute atomic E-state index is 12.2. The van der Waals surface area contributed by atoms with Crippen LogP contribution in [0, 0.1) is 6.92 Å². The van der Waals surface area contributed by atoms with E-state index in [1.807, 2.05) is 31.2 Å². The van der Waals surface area contributed by atoms with Gasteiger partial charge in [-0.25, -0.2) is 9.97 Å². The van der Waals surface area contributed by atoms with E-state index in [0.29, 0.717) is 17.6 Å². The topological polar surface area (TPSA) is 66.9 Å². The molecule has 0 saturated heterocycles. The Balaban J connectivity index is 1.74. The van der Waals surface area contributed by atoms with Crippen molar-refractivity contribution in [2.75, 3.05) is 10.6 Å². The summed E-state index contributed by atoms with van der Waals surface area (Å²) in [6.45, 7) is 1.95. The van der Waals surface area contributed by atoms with Crippen LogP contribution in [0.3, 0.4) is 0 Å².